The Morgan fingerprint density at radius 3 is 2.85 bits per heavy atom. The topological polar surface area (TPSA) is 69.7 Å². The molecule has 1 fully saturated rings. The number of hydrogen-bond donors (Lipinski definition) is 2. The van der Waals surface area contributed by atoms with Crippen LogP contribution in [0.1, 0.15) is 17.5 Å². The number of H-pyrrole nitrogens is 1. The van der Waals surface area contributed by atoms with Gasteiger partial charge in [-0.25, -0.2) is 18.7 Å². The summed E-state index contributed by atoms with van der Waals surface area (Å²) in [5.41, 5.74) is 2.91. The van der Waals surface area contributed by atoms with Crippen LogP contribution >= 0.6 is 0 Å². The maximum atomic E-state index is 14.7. The lowest BCUT2D eigenvalue weighted by atomic mass is 9.99. The number of aryl methyl sites for hydroxylation is 1. The Bertz CT molecular complexity index is 908. The van der Waals surface area contributed by atoms with Gasteiger partial charge in [0.1, 0.15) is 12.1 Å². The molecule has 0 amide bonds. The summed E-state index contributed by atoms with van der Waals surface area (Å²) >= 11 is 0. The molecule has 3 aromatic rings. The van der Waals surface area contributed by atoms with Crippen molar-refractivity contribution in [2.24, 2.45) is 0 Å². The van der Waals surface area contributed by atoms with Crippen molar-refractivity contribution in [3.8, 4) is 0 Å². The summed E-state index contributed by atoms with van der Waals surface area (Å²) in [5, 5.41) is 10.2. The minimum Gasteiger partial charge on any atom is -0.360 e. The van der Waals surface area contributed by atoms with Gasteiger partial charge in [0.15, 0.2) is 5.65 Å². The van der Waals surface area contributed by atoms with Crippen LogP contribution in [-0.2, 0) is 6.42 Å². The Labute approximate surface area is 156 Å². The Morgan fingerprint density at radius 1 is 1.26 bits per heavy atom. The van der Waals surface area contributed by atoms with Crippen LogP contribution in [0.3, 0.4) is 0 Å². The number of halogens is 2. The van der Waals surface area contributed by atoms with Crippen molar-refractivity contribution >= 4 is 16.9 Å². The second kappa shape index (κ2) is 7.19. The highest BCUT2D eigenvalue weighted by Crippen LogP contribution is 2.31. The molecule has 1 saturated heterocycles. The number of anilines is 1. The van der Waals surface area contributed by atoms with Crippen LogP contribution < -0.4 is 5.32 Å². The number of benzene rings is 1. The van der Waals surface area contributed by atoms with E-state index in [4.69, 9.17) is 0 Å². The molecule has 1 aromatic carbocycles. The molecule has 27 heavy (non-hydrogen) atoms. The number of aromatic amines is 1. The number of hydrogen-bond acceptors (Lipinski definition) is 5. The third kappa shape index (κ3) is 3.90. The van der Waals surface area contributed by atoms with E-state index in [0.29, 0.717) is 36.4 Å². The summed E-state index contributed by atoms with van der Waals surface area (Å²) in [5.74, 6) is -2.45. The second-order valence-electron chi connectivity index (χ2n) is 7.11. The first kappa shape index (κ1) is 17.8. The van der Waals surface area contributed by atoms with E-state index >= 15 is 0 Å². The Morgan fingerprint density at radius 2 is 2.07 bits per heavy atom. The van der Waals surface area contributed by atoms with E-state index in [2.05, 4.69) is 49.7 Å². The lowest BCUT2D eigenvalue weighted by Crippen LogP contribution is -2.54. The molecule has 0 saturated carbocycles. The lowest BCUT2D eigenvalue weighted by molar-refractivity contribution is -0.0734. The second-order valence-corrected chi connectivity index (χ2v) is 7.11. The van der Waals surface area contributed by atoms with Gasteiger partial charge in [-0.15, -0.1) is 0 Å². The zero-order valence-corrected chi connectivity index (χ0v) is 15.1. The number of piperidine rings is 1. The largest absolute Gasteiger partial charge is 0.360 e. The molecule has 2 N–H and O–H groups in total. The number of fused-ring (bicyclic) bond motifs is 1. The molecule has 0 radical (unpaired) electrons. The van der Waals surface area contributed by atoms with Gasteiger partial charge in [-0.3, -0.25) is 10.00 Å². The molecular weight excluding hydrogens is 350 g/mol. The Balaban J connectivity index is 1.38. The summed E-state index contributed by atoms with van der Waals surface area (Å²) in [6.45, 7) is 3.04. The normalized spacial score (nSPS) is 20.0. The maximum Gasteiger partial charge on any atom is 0.280 e. The molecule has 1 atom stereocenters. The standard InChI is InChI=1S/C19H22F2N6/c1-13-2-4-14(5-3-13)6-8-27-9-7-16(19(20,21)11-27)25-17-15-10-24-26-18(15)23-12-22-17/h2-5,10,12,16H,6-9,11H2,1H3,(H2,22,23,24,25,26)/t16-/m1/s1. The monoisotopic (exact) mass is 372 g/mol. The fraction of sp³-hybridized carbons (Fsp3) is 0.421. The smallest absolute Gasteiger partial charge is 0.280 e. The van der Waals surface area contributed by atoms with Crippen molar-refractivity contribution in [1.82, 2.24) is 25.1 Å². The average Bonchev–Trinajstić information content (AvgIpc) is 3.13. The van der Waals surface area contributed by atoms with Gasteiger partial charge in [0.05, 0.1) is 24.2 Å². The van der Waals surface area contributed by atoms with Crippen molar-refractivity contribution in [1.29, 1.82) is 0 Å². The Hall–Kier alpha value is -2.61. The zero-order valence-electron chi connectivity index (χ0n) is 15.1. The van der Waals surface area contributed by atoms with Gasteiger partial charge < -0.3 is 5.32 Å². The highest BCUT2D eigenvalue weighted by molar-refractivity contribution is 5.85. The fourth-order valence-corrected chi connectivity index (χ4v) is 3.47. The van der Waals surface area contributed by atoms with Gasteiger partial charge in [0.2, 0.25) is 0 Å². The summed E-state index contributed by atoms with van der Waals surface area (Å²) in [7, 11) is 0. The zero-order chi connectivity index (χ0) is 18.9. The van der Waals surface area contributed by atoms with Gasteiger partial charge in [0, 0.05) is 13.1 Å². The molecule has 0 bridgehead atoms. The minimum atomic E-state index is -2.84. The van der Waals surface area contributed by atoms with Crippen LogP contribution in [0.4, 0.5) is 14.6 Å². The summed E-state index contributed by atoms with van der Waals surface area (Å²) in [6.07, 6.45) is 4.02. The maximum absolute atomic E-state index is 14.7. The molecule has 3 heterocycles. The summed E-state index contributed by atoms with van der Waals surface area (Å²) in [4.78, 5) is 9.99. The van der Waals surface area contributed by atoms with Crippen LogP contribution in [0, 0.1) is 6.92 Å². The number of alkyl halides is 2. The minimum absolute atomic E-state index is 0.254. The highest BCUT2D eigenvalue weighted by Gasteiger charge is 2.44. The van der Waals surface area contributed by atoms with E-state index in [0.717, 1.165) is 6.42 Å². The molecular formula is C19H22F2N6. The predicted octanol–water partition coefficient (Wildman–Crippen LogP) is 3.03. The van der Waals surface area contributed by atoms with Gasteiger partial charge in [-0.1, -0.05) is 29.8 Å². The van der Waals surface area contributed by atoms with Gasteiger partial charge in [-0.2, -0.15) is 5.10 Å². The van der Waals surface area contributed by atoms with Crippen molar-refractivity contribution in [2.45, 2.75) is 31.7 Å². The quantitative estimate of drug-likeness (QED) is 0.721. The van der Waals surface area contributed by atoms with Crippen molar-refractivity contribution in [2.75, 3.05) is 25.0 Å². The third-order valence-corrected chi connectivity index (χ3v) is 5.07. The number of nitrogens with one attached hydrogen (secondary N) is 2. The first-order valence-electron chi connectivity index (χ1n) is 9.07. The van der Waals surface area contributed by atoms with E-state index in [-0.39, 0.29) is 6.54 Å². The Kier molecular flexibility index (Phi) is 4.73. The molecule has 0 unspecified atom stereocenters. The lowest BCUT2D eigenvalue weighted by Gasteiger charge is -2.38. The SMILES string of the molecule is Cc1ccc(CCN2CC[C@@H](Nc3ncnc4[nH]ncc34)C(F)(F)C2)cc1. The van der Waals surface area contributed by atoms with Crippen LogP contribution in [0.15, 0.2) is 36.8 Å². The van der Waals surface area contributed by atoms with E-state index in [1.54, 1.807) is 6.20 Å². The fourth-order valence-electron chi connectivity index (χ4n) is 3.47. The molecule has 0 spiro atoms. The van der Waals surface area contributed by atoms with Gasteiger partial charge >= 0.3 is 0 Å². The van der Waals surface area contributed by atoms with Crippen LogP contribution in [0.25, 0.3) is 11.0 Å². The number of nitrogens with zero attached hydrogens (tertiary/aromatic N) is 4. The average molecular weight is 372 g/mol. The molecule has 2 aromatic heterocycles. The van der Waals surface area contributed by atoms with Crippen molar-refractivity contribution in [3.63, 3.8) is 0 Å². The van der Waals surface area contributed by atoms with Crippen molar-refractivity contribution in [3.05, 3.63) is 47.9 Å². The van der Waals surface area contributed by atoms with Gasteiger partial charge in [0.25, 0.3) is 5.92 Å². The number of rotatable bonds is 5. The van der Waals surface area contributed by atoms with Crippen LogP contribution in [-0.4, -0.2) is 56.7 Å². The summed E-state index contributed by atoms with van der Waals surface area (Å²) in [6, 6.07) is 7.28. The first-order chi connectivity index (χ1) is 13.0. The molecule has 6 nitrogen and oxygen atoms in total. The van der Waals surface area contributed by atoms with E-state index in [1.165, 1.54) is 17.5 Å². The third-order valence-electron chi connectivity index (χ3n) is 5.07. The predicted molar refractivity (Wildman–Crippen MR) is 100.0 cm³/mol. The van der Waals surface area contributed by atoms with Crippen molar-refractivity contribution < 1.29 is 8.78 Å². The summed E-state index contributed by atoms with van der Waals surface area (Å²) < 4.78 is 29.5. The number of likely N-dealkylation sites (tertiary alicyclic amines) is 1. The van der Waals surface area contributed by atoms with E-state index < -0.39 is 12.0 Å². The van der Waals surface area contributed by atoms with E-state index in [9.17, 15) is 8.78 Å². The molecule has 1 aliphatic heterocycles. The molecule has 0 aliphatic carbocycles. The van der Waals surface area contributed by atoms with E-state index in [1.807, 2.05) is 11.8 Å². The van der Waals surface area contributed by atoms with Gasteiger partial charge in [-0.05, 0) is 25.3 Å². The highest BCUT2D eigenvalue weighted by atomic mass is 19.3. The number of aromatic nitrogens is 4. The molecule has 8 heteroatoms. The molecule has 4 rings (SSSR count). The molecule has 142 valence electrons. The van der Waals surface area contributed by atoms with Crippen LogP contribution in [0.2, 0.25) is 0 Å². The molecule has 1 aliphatic rings. The first-order valence-corrected chi connectivity index (χ1v) is 9.07. The van der Waals surface area contributed by atoms with Crippen LogP contribution in [0.5, 0.6) is 0 Å².